The van der Waals surface area contributed by atoms with Crippen LogP contribution in [0.2, 0.25) is 0 Å². The number of halogens is 1. The van der Waals surface area contributed by atoms with Gasteiger partial charge >= 0.3 is 0 Å². The zero-order chi connectivity index (χ0) is 15.4. The summed E-state index contributed by atoms with van der Waals surface area (Å²) in [6.07, 6.45) is 0.763. The van der Waals surface area contributed by atoms with E-state index in [1.54, 1.807) is 14.0 Å². The number of rotatable bonds is 6. The first-order valence-electron chi connectivity index (χ1n) is 6.53. The lowest BCUT2D eigenvalue weighted by Crippen LogP contribution is -2.17. The first kappa shape index (κ1) is 15.8. The number of benzene rings is 1. The molecule has 2 N–H and O–H groups in total. The molecule has 1 aromatic carbocycles. The Morgan fingerprint density at radius 3 is 2.76 bits per heavy atom. The average molecular weight is 356 g/mol. The summed E-state index contributed by atoms with van der Waals surface area (Å²) in [5, 5.41) is 3.79. The van der Waals surface area contributed by atoms with Gasteiger partial charge in [0.25, 0.3) is 0 Å². The zero-order valence-corrected chi connectivity index (χ0v) is 13.8. The quantitative estimate of drug-likeness (QED) is 0.857. The molecule has 1 unspecified atom stereocenters. The molecule has 0 radical (unpaired) electrons. The summed E-state index contributed by atoms with van der Waals surface area (Å²) >= 11 is 3.50. The van der Waals surface area contributed by atoms with Gasteiger partial charge in [-0.15, -0.1) is 0 Å². The molecule has 0 saturated carbocycles. The van der Waals surface area contributed by atoms with Crippen LogP contribution in [0.3, 0.4) is 0 Å². The van der Waals surface area contributed by atoms with E-state index < -0.39 is 0 Å². The van der Waals surface area contributed by atoms with Crippen molar-refractivity contribution in [3.8, 4) is 11.5 Å². The van der Waals surface area contributed by atoms with Gasteiger partial charge in [-0.1, -0.05) is 5.16 Å². The van der Waals surface area contributed by atoms with E-state index in [0.29, 0.717) is 23.2 Å². The van der Waals surface area contributed by atoms with Crippen LogP contribution in [0.4, 0.5) is 0 Å². The van der Waals surface area contributed by atoms with Gasteiger partial charge in [-0.25, -0.2) is 0 Å². The molecule has 0 amide bonds. The average Bonchev–Trinajstić information content (AvgIpc) is 2.82. The fourth-order valence-electron chi connectivity index (χ4n) is 1.94. The molecule has 2 rings (SSSR count). The molecule has 0 saturated heterocycles. The van der Waals surface area contributed by atoms with Crippen LogP contribution in [0.25, 0.3) is 0 Å². The standard InChI is InChI=1S/C14H18BrN3O3/c1-8(16)4-10-5-11(15)14(12(6-10)19-3)20-7-13-17-9(2)21-18-13/h5-6,8H,4,7,16H2,1-3H3. The topological polar surface area (TPSA) is 83.4 Å². The van der Waals surface area contributed by atoms with Gasteiger partial charge in [-0.2, -0.15) is 4.98 Å². The molecule has 114 valence electrons. The Balaban J connectivity index is 2.18. The molecule has 0 bridgehead atoms. The summed E-state index contributed by atoms with van der Waals surface area (Å²) in [6, 6.07) is 3.98. The van der Waals surface area contributed by atoms with Crippen LogP contribution >= 0.6 is 15.9 Å². The second kappa shape index (κ2) is 6.91. The highest BCUT2D eigenvalue weighted by Crippen LogP contribution is 2.37. The number of nitrogens with two attached hydrogens (primary N) is 1. The van der Waals surface area contributed by atoms with E-state index in [4.69, 9.17) is 19.7 Å². The van der Waals surface area contributed by atoms with E-state index in [1.165, 1.54) is 0 Å². The lowest BCUT2D eigenvalue weighted by Gasteiger charge is -2.14. The number of hydrogen-bond acceptors (Lipinski definition) is 6. The Morgan fingerprint density at radius 1 is 1.43 bits per heavy atom. The predicted molar refractivity (Wildman–Crippen MR) is 81.4 cm³/mol. The fraction of sp³-hybridized carbons (Fsp3) is 0.429. The fourth-order valence-corrected chi connectivity index (χ4v) is 2.54. The minimum absolute atomic E-state index is 0.0793. The molecule has 1 atom stereocenters. The Morgan fingerprint density at radius 2 is 2.19 bits per heavy atom. The normalized spacial score (nSPS) is 12.2. The molecule has 0 fully saturated rings. The van der Waals surface area contributed by atoms with Gasteiger partial charge < -0.3 is 19.7 Å². The molecule has 1 aromatic heterocycles. The number of aromatic nitrogens is 2. The van der Waals surface area contributed by atoms with Crippen LogP contribution in [-0.4, -0.2) is 23.3 Å². The van der Waals surface area contributed by atoms with Crippen molar-refractivity contribution in [3.63, 3.8) is 0 Å². The van der Waals surface area contributed by atoms with Crippen LogP contribution < -0.4 is 15.2 Å². The number of aryl methyl sites for hydroxylation is 1. The molecular formula is C14H18BrN3O3. The van der Waals surface area contributed by atoms with Gasteiger partial charge in [0.05, 0.1) is 11.6 Å². The van der Waals surface area contributed by atoms with Crippen LogP contribution in [0.15, 0.2) is 21.1 Å². The second-order valence-corrected chi connectivity index (χ2v) is 5.66. The van der Waals surface area contributed by atoms with E-state index in [-0.39, 0.29) is 12.6 Å². The van der Waals surface area contributed by atoms with E-state index >= 15 is 0 Å². The summed E-state index contributed by atoms with van der Waals surface area (Å²) < 4.78 is 16.8. The van der Waals surface area contributed by atoms with E-state index in [1.807, 2.05) is 19.1 Å². The van der Waals surface area contributed by atoms with Crippen LogP contribution in [0.1, 0.15) is 24.2 Å². The molecule has 21 heavy (non-hydrogen) atoms. The molecule has 7 heteroatoms. The lowest BCUT2D eigenvalue weighted by atomic mass is 10.1. The largest absolute Gasteiger partial charge is 0.493 e. The SMILES string of the molecule is COc1cc(CC(C)N)cc(Br)c1OCc1noc(C)n1. The molecule has 6 nitrogen and oxygen atoms in total. The third-order valence-corrected chi connectivity index (χ3v) is 3.35. The van der Waals surface area contributed by atoms with Gasteiger partial charge in [-0.05, 0) is 47.0 Å². The molecule has 0 aliphatic heterocycles. The Hall–Kier alpha value is -1.60. The molecule has 2 aromatic rings. The summed E-state index contributed by atoms with van der Waals surface area (Å²) in [5.41, 5.74) is 6.91. The minimum atomic E-state index is 0.0793. The van der Waals surface area contributed by atoms with Crippen LogP contribution in [0, 0.1) is 6.92 Å². The van der Waals surface area contributed by atoms with E-state index in [9.17, 15) is 0 Å². The van der Waals surface area contributed by atoms with Crippen molar-refractivity contribution in [2.24, 2.45) is 5.73 Å². The third-order valence-electron chi connectivity index (χ3n) is 2.76. The van der Waals surface area contributed by atoms with Gasteiger partial charge in [0, 0.05) is 13.0 Å². The third kappa shape index (κ3) is 4.18. The number of nitrogens with zero attached hydrogens (tertiary/aromatic N) is 2. The molecule has 0 spiro atoms. The van der Waals surface area contributed by atoms with Gasteiger partial charge in [0.15, 0.2) is 18.1 Å². The number of methoxy groups -OCH3 is 1. The maximum Gasteiger partial charge on any atom is 0.223 e. The first-order chi connectivity index (χ1) is 9.99. The summed E-state index contributed by atoms with van der Waals surface area (Å²) in [6.45, 7) is 3.90. The van der Waals surface area contributed by atoms with Gasteiger partial charge in [0.1, 0.15) is 0 Å². The highest BCUT2D eigenvalue weighted by Gasteiger charge is 2.14. The molecular weight excluding hydrogens is 338 g/mol. The van der Waals surface area contributed by atoms with Gasteiger partial charge in [-0.3, -0.25) is 0 Å². The smallest absolute Gasteiger partial charge is 0.223 e. The maximum absolute atomic E-state index is 5.83. The summed E-state index contributed by atoms with van der Waals surface area (Å²) in [5.74, 6) is 2.24. The second-order valence-electron chi connectivity index (χ2n) is 4.81. The lowest BCUT2D eigenvalue weighted by molar-refractivity contribution is 0.267. The molecule has 0 aliphatic carbocycles. The van der Waals surface area contributed by atoms with Crippen molar-refractivity contribution in [3.05, 3.63) is 33.9 Å². The highest BCUT2D eigenvalue weighted by molar-refractivity contribution is 9.10. The van der Waals surface area contributed by atoms with Crippen molar-refractivity contribution < 1.29 is 14.0 Å². The van der Waals surface area contributed by atoms with Crippen LogP contribution in [-0.2, 0) is 13.0 Å². The Kier molecular flexibility index (Phi) is 5.19. The van der Waals surface area contributed by atoms with Crippen molar-refractivity contribution in [2.45, 2.75) is 32.9 Å². The van der Waals surface area contributed by atoms with Crippen molar-refractivity contribution in [1.29, 1.82) is 0 Å². The molecule has 0 aliphatic rings. The van der Waals surface area contributed by atoms with E-state index in [2.05, 4.69) is 26.1 Å². The van der Waals surface area contributed by atoms with Crippen LogP contribution in [0.5, 0.6) is 11.5 Å². The summed E-state index contributed by atoms with van der Waals surface area (Å²) in [7, 11) is 1.60. The molecule has 1 heterocycles. The number of hydrogen-bond donors (Lipinski definition) is 1. The van der Waals surface area contributed by atoms with Gasteiger partial charge in [0.2, 0.25) is 11.7 Å². The van der Waals surface area contributed by atoms with Crippen molar-refractivity contribution >= 4 is 15.9 Å². The van der Waals surface area contributed by atoms with Crippen molar-refractivity contribution in [2.75, 3.05) is 7.11 Å². The van der Waals surface area contributed by atoms with E-state index in [0.717, 1.165) is 16.5 Å². The van der Waals surface area contributed by atoms with Crippen molar-refractivity contribution in [1.82, 2.24) is 10.1 Å². The first-order valence-corrected chi connectivity index (χ1v) is 7.33. The monoisotopic (exact) mass is 355 g/mol. The zero-order valence-electron chi connectivity index (χ0n) is 12.2. The Bertz CT molecular complexity index is 614. The summed E-state index contributed by atoms with van der Waals surface area (Å²) in [4.78, 5) is 4.09. The Labute approximate surface area is 131 Å². The maximum atomic E-state index is 5.83. The minimum Gasteiger partial charge on any atom is -0.493 e. The number of ether oxygens (including phenoxy) is 2. The predicted octanol–water partition coefficient (Wildman–Crippen LogP) is 2.62. The highest BCUT2D eigenvalue weighted by atomic mass is 79.9.